The Morgan fingerprint density at radius 3 is 0.914 bits per heavy atom. The molecule has 4 aromatic carbocycles. The van der Waals surface area contributed by atoms with Gasteiger partial charge in [0.2, 0.25) is 0 Å². The summed E-state index contributed by atoms with van der Waals surface area (Å²) in [7, 11) is 0. The predicted octanol–water partition coefficient (Wildman–Crippen LogP) is 3.41. The molecule has 0 amide bonds. The van der Waals surface area contributed by atoms with Crippen LogP contribution in [-0.4, -0.2) is 23.2 Å². The molecule has 4 rings (SSSR count). The van der Waals surface area contributed by atoms with E-state index >= 15 is 0 Å². The third kappa shape index (κ3) is 6.82. The van der Waals surface area contributed by atoms with Gasteiger partial charge < -0.3 is 10.2 Å². The molecule has 0 saturated heterocycles. The number of nitrogens with zero attached hydrogens (tertiary/aromatic N) is 4. The van der Waals surface area contributed by atoms with Crippen molar-refractivity contribution in [1.82, 2.24) is 0 Å². The summed E-state index contributed by atoms with van der Waals surface area (Å²) in [6, 6.07) is 35.8. The van der Waals surface area contributed by atoms with E-state index in [1.807, 2.05) is 72.8 Å². The second-order valence-electron chi connectivity index (χ2n) is 7.17. The van der Waals surface area contributed by atoms with E-state index in [0.29, 0.717) is 33.7 Å². The van der Waals surface area contributed by atoms with E-state index in [1.165, 1.54) is 0 Å². The van der Waals surface area contributed by atoms with Crippen molar-refractivity contribution in [2.75, 3.05) is 0 Å². The van der Waals surface area contributed by atoms with Crippen LogP contribution in [0.3, 0.4) is 0 Å². The summed E-state index contributed by atoms with van der Waals surface area (Å²) in [6.07, 6.45) is 0. The molecule has 7 heteroatoms. The molecule has 0 fully saturated rings. The van der Waals surface area contributed by atoms with Crippen molar-refractivity contribution in [3.8, 4) is 0 Å². The third-order valence-corrected chi connectivity index (χ3v) is 4.84. The molecule has 0 bridgehead atoms. The van der Waals surface area contributed by atoms with Gasteiger partial charge in [0.1, 0.15) is 11.4 Å². The Balaban J connectivity index is 0.00000342. The van der Waals surface area contributed by atoms with E-state index in [0.717, 1.165) is 0 Å². The van der Waals surface area contributed by atoms with E-state index in [9.17, 15) is 10.2 Å². The quantitative estimate of drug-likeness (QED) is 0.167. The van der Waals surface area contributed by atoms with Crippen molar-refractivity contribution >= 4 is 23.2 Å². The van der Waals surface area contributed by atoms with E-state index in [1.54, 1.807) is 48.5 Å². The molecule has 0 heterocycles. The Hall–Kier alpha value is -4.35. The maximum Gasteiger partial charge on any atom is 2.00 e. The maximum absolute atomic E-state index is 12.6. The van der Waals surface area contributed by atoms with Crippen LogP contribution in [0.1, 0.15) is 22.3 Å². The second-order valence-corrected chi connectivity index (χ2v) is 7.17. The summed E-state index contributed by atoms with van der Waals surface area (Å²) in [4.78, 5) is 0. The van der Waals surface area contributed by atoms with Crippen molar-refractivity contribution in [2.24, 2.45) is 20.4 Å². The van der Waals surface area contributed by atoms with Gasteiger partial charge in [-0.25, -0.2) is 0 Å². The molecule has 0 aliphatic carbocycles. The van der Waals surface area contributed by atoms with Gasteiger partial charge in [-0.15, -0.1) is 10.2 Å². The van der Waals surface area contributed by atoms with Gasteiger partial charge in [0, 0.05) is 22.9 Å². The fraction of sp³-hybridized carbons (Fsp3) is 0. The first kappa shape index (κ1) is 25.3. The molecule has 0 saturated carbocycles. The van der Waals surface area contributed by atoms with Crippen LogP contribution in [-0.2, 0) is 16.5 Å². The molecule has 174 valence electrons. The Labute approximate surface area is 213 Å². The number of hydrogen-bond acceptors (Lipinski definition) is 6. The van der Waals surface area contributed by atoms with Gasteiger partial charge in [-0.05, 0) is 11.1 Å². The van der Waals surface area contributed by atoms with E-state index < -0.39 is 11.8 Å². The minimum absolute atomic E-state index is 0. The maximum atomic E-state index is 12.6. The molecule has 0 N–H and O–H groups in total. The molecule has 0 radical (unpaired) electrons. The van der Waals surface area contributed by atoms with Gasteiger partial charge in [-0.3, -0.25) is 0 Å². The summed E-state index contributed by atoms with van der Waals surface area (Å²) < 4.78 is 0. The van der Waals surface area contributed by atoms with Crippen LogP contribution < -0.4 is 10.2 Å². The molecule has 0 aliphatic rings. The van der Waals surface area contributed by atoms with Crippen LogP contribution in [0.15, 0.2) is 142 Å². The average molecular weight is 503 g/mol. The second kappa shape index (κ2) is 12.8. The molecule has 0 aromatic heterocycles. The Bertz CT molecular complexity index is 1230. The van der Waals surface area contributed by atoms with Gasteiger partial charge >= 0.3 is 16.5 Å². The topological polar surface area (TPSA) is 95.6 Å². The standard InChI is InChI=1S/C28H22N4O2.Ni/c33-27(23-17-9-3-10-18-23)31-29-25(21-13-5-1-6-14-21)26(22-15-7-2-8-16-22)30-32-28(34)24-19-11-4-12-20-24;/h1-20H,(H,31,33)(H,32,34);/q;+2/p-2/b29-25+,30-26+;. The summed E-state index contributed by atoms with van der Waals surface area (Å²) in [5.41, 5.74) is 2.83. The molecule has 0 aliphatic heterocycles. The SMILES string of the molecule is [Ni+2].[O-]\C(=N/N=C(/C(=N/N=C(\[O-])c1ccccc1)c1ccccc1)c1ccccc1)c1ccccc1. The zero-order valence-corrected chi connectivity index (χ0v) is 19.5. The van der Waals surface area contributed by atoms with Crippen LogP contribution in [0.25, 0.3) is 0 Å². The number of benzene rings is 4. The normalized spacial score (nSPS) is 12.7. The van der Waals surface area contributed by atoms with Gasteiger partial charge in [0.05, 0.1) is 0 Å². The van der Waals surface area contributed by atoms with E-state index in [4.69, 9.17) is 0 Å². The zero-order valence-electron chi connectivity index (χ0n) is 18.5. The van der Waals surface area contributed by atoms with Crippen molar-refractivity contribution in [2.45, 2.75) is 0 Å². The first-order chi connectivity index (χ1) is 16.7. The molecular formula is C28H20N4NiO2. The van der Waals surface area contributed by atoms with Crippen LogP contribution in [0.2, 0.25) is 0 Å². The Kier molecular flexibility index (Phi) is 9.23. The van der Waals surface area contributed by atoms with Gasteiger partial charge in [-0.1, -0.05) is 121 Å². The van der Waals surface area contributed by atoms with Crippen LogP contribution in [0.5, 0.6) is 0 Å². The van der Waals surface area contributed by atoms with Crippen molar-refractivity contribution in [1.29, 1.82) is 0 Å². The fourth-order valence-corrected chi connectivity index (χ4v) is 3.14. The van der Waals surface area contributed by atoms with E-state index in [2.05, 4.69) is 20.4 Å². The van der Waals surface area contributed by atoms with Crippen molar-refractivity contribution in [3.63, 3.8) is 0 Å². The minimum Gasteiger partial charge on any atom is -0.857 e. The van der Waals surface area contributed by atoms with Crippen LogP contribution in [0, 0.1) is 0 Å². The third-order valence-electron chi connectivity index (χ3n) is 4.84. The zero-order chi connectivity index (χ0) is 23.6. The summed E-state index contributed by atoms with van der Waals surface area (Å²) in [6.45, 7) is 0. The minimum atomic E-state index is -0.487. The first-order valence-electron chi connectivity index (χ1n) is 10.6. The van der Waals surface area contributed by atoms with Gasteiger partial charge in [0.25, 0.3) is 0 Å². The molecule has 0 atom stereocenters. The molecule has 6 nitrogen and oxygen atoms in total. The van der Waals surface area contributed by atoms with Crippen molar-refractivity contribution < 1.29 is 26.7 Å². The number of rotatable bonds is 7. The molecule has 35 heavy (non-hydrogen) atoms. The van der Waals surface area contributed by atoms with Gasteiger partial charge in [-0.2, -0.15) is 10.2 Å². The van der Waals surface area contributed by atoms with Gasteiger partial charge in [0.15, 0.2) is 0 Å². The molecule has 0 spiro atoms. The Morgan fingerprint density at radius 2 is 0.629 bits per heavy atom. The smallest absolute Gasteiger partial charge is 0.857 e. The van der Waals surface area contributed by atoms with Crippen LogP contribution in [0.4, 0.5) is 0 Å². The van der Waals surface area contributed by atoms with Crippen LogP contribution >= 0.6 is 0 Å². The molecular weight excluding hydrogens is 483 g/mol. The average Bonchev–Trinajstić information content (AvgIpc) is 2.92. The summed E-state index contributed by atoms with van der Waals surface area (Å²) in [5, 5.41) is 41.7. The Morgan fingerprint density at radius 1 is 0.371 bits per heavy atom. The summed E-state index contributed by atoms with van der Waals surface area (Å²) in [5.74, 6) is -0.975. The fourth-order valence-electron chi connectivity index (χ4n) is 3.14. The predicted molar refractivity (Wildman–Crippen MR) is 132 cm³/mol. The van der Waals surface area contributed by atoms with E-state index in [-0.39, 0.29) is 16.5 Å². The number of hydrogen-bond donors (Lipinski definition) is 0. The summed E-state index contributed by atoms with van der Waals surface area (Å²) >= 11 is 0. The molecule has 4 aromatic rings. The monoisotopic (exact) mass is 502 g/mol. The molecule has 0 unspecified atom stereocenters. The van der Waals surface area contributed by atoms with Crippen molar-refractivity contribution in [3.05, 3.63) is 144 Å². The largest absolute Gasteiger partial charge is 2.00 e. The first-order valence-corrected chi connectivity index (χ1v) is 10.6.